The molecule has 0 aliphatic heterocycles. The van der Waals surface area contributed by atoms with Crippen molar-refractivity contribution in [1.82, 2.24) is 4.90 Å². The van der Waals surface area contributed by atoms with Gasteiger partial charge in [0.25, 0.3) is 0 Å². The molecule has 0 aromatic rings. The minimum atomic E-state index is -0.596. The van der Waals surface area contributed by atoms with Crippen molar-refractivity contribution < 1.29 is 9.90 Å². The molecule has 17 heavy (non-hydrogen) atoms. The summed E-state index contributed by atoms with van der Waals surface area (Å²) in [5.74, 6) is -0.596. The van der Waals surface area contributed by atoms with Crippen LogP contribution < -0.4 is 0 Å². The van der Waals surface area contributed by atoms with E-state index in [1.165, 1.54) is 38.5 Å². The summed E-state index contributed by atoms with van der Waals surface area (Å²) in [4.78, 5) is 13.9. The molecule has 0 heterocycles. The molecular weight excluding hydrogens is 214 g/mol. The molecule has 2 aliphatic carbocycles. The van der Waals surface area contributed by atoms with Crippen molar-refractivity contribution >= 4 is 5.97 Å². The minimum Gasteiger partial charge on any atom is -0.480 e. The maximum atomic E-state index is 11.7. The van der Waals surface area contributed by atoms with Crippen LogP contribution in [0.4, 0.5) is 0 Å². The average molecular weight is 239 g/mol. The zero-order valence-corrected chi connectivity index (χ0v) is 11.0. The van der Waals surface area contributed by atoms with E-state index in [1.54, 1.807) is 0 Å². The number of rotatable bonds is 3. The van der Waals surface area contributed by atoms with E-state index in [4.69, 9.17) is 0 Å². The Balaban J connectivity index is 2.09. The highest BCUT2D eigenvalue weighted by molar-refractivity contribution is 5.79. The number of hydrogen-bond donors (Lipinski definition) is 1. The van der Waals surface area contributed by atoms with E-state index in [2.05, 4.69) is 11.9 Å². The molecular formula is C14H25NO2. The van der Waals surface area contributed by atoms with Gasteiger partial charge in [0.15, 0.2) is 0 Å². The van der Waals surface area contributed by atoms with Gasteiger partial charge in [-0.25, -0.2) is 0 Å². The molecule has 2 rings (SSSR count). The summed E-state index contributed by atoms with van der Waals surface area (Å²) in [5.41, 5.74) is -0.547. The molecule has 98 valence electrons. The highest BCUT2D eigenvalue weighted by Crippen LogP contribution is 2.38. The number of nitrogens with zero attached hydrogens (tertiary/aromatic N) is 1. The van der Waals surface area contributed by atoms with Crippen LogP contribution in [0.3, 0.4) is 0 Å². The topological polar surface area (TPSA) is 40.5 Å². The monoisotopic (exact) mass is 239 g/mol. The smallest absolute Gasteiger partial charge is 0.324 e. The molecule has 3 nitrogen and oxygen atoms in total. The quantitative estimate of drug-likeness (QED) is 0.770. The Labute approximate surface area is 104 Å². The Bertz CT molecular complexity index is 263. The second kappa shape index (κ2) is 5.38. The molecule has 1 N–H and O–H groups in total. The largest absolute Gasteiger partial charge is 0.480 e. The fourth-order valence-electron chi connectivity index (χ4n) is 3.67. The van der Waals surface area contributed by atoms with Gasteiger partial charge in [0.05, 0.1) is 0 Å². The SMILES string of the molecule is CN(C1CCCCCC1)C1(C(=O)O)CCCC1. The molecule has 2 saturated carbocycles. The Hall–Kier alpha value is -0.570. The van der Waals surface area contributed by atoms with Crippen molar-refractivity contribution in [2.24, 2.45) is 0 Å². The predicted octanol–water partition coefficient (Wildman–Crippen LogP) is 3.04. The first-order valence-corrected chi connectivity index (χ1v) is 7.13. The third kappa shape index (κ3) is 2.49. The van der Waals surface area contributed by atoms with Gasteiger partial charge < -0.3 is 5.11 Å². The van der Waals surface area contributed by atoms with Crippen LogP contribution in [-0.2, 0) is 4.79 Å². The van der Waals surface area contributed by atoms with Crippen molar-refractivity contribution in [2.75, 3.05) is 7.05 Å². The molecule has 0 amide bonds. The van der Waals surface area contributed by atoms with Crippen LogP contribution in [0, 0.1) is 0 Å². The first-order chi connectivity index (χ1) is 8.17. The van der Waals surface area contributed by atoms with E-state index < -0.39 is 11.5 Å². The average Bonchev–Trinajstić information content (AvgIpc) is 2.66. The maximum absolute atomic E-state index is 11.7. The van der Waals surface area contributed by atoms with Crippen LogP contribution in [0.5, 0.6) is 0 Å². The lowest BCUT2D eigenvalue weighted by atomic mass is 9.92. The first kappa shape index (κ1) is 12.9. The fourth-order valence-corrected chi connectivity index (χ4v) is 3.67. The molecule has 0 spiro atoms. The van der Waals surface area contributed by atoms with E-state index in [9.17, 15) is 9.90 Å². The normalized spacial score (nSPS) is 26.0. The fraction of sp³-hybridized carbons (Fsp3) is 0.929. The first-order valence-electron chi connectivity index (χ1n) is 7.13. The lowest BCUT2D eigenvalue weighted by Crippen LogP contribution is -2.54. The maximum Gasteiger partial charge on any atom is 0.324 e. The molecule has 0 aromatic carbocycles. The molecule has 3 heteroatoms. The van der Waals surface area contributed by atoms with Crippen molar-refractivity contribution in [2.45, 2.75) is 75.8 Å². The molecule has 0 saturated heterocycles. The highest BCUT2D eigenvalue weighted by atomic mass is 16.4. The third-order valence-corrected chi connectivity index (χ3v) is 4.88. The number of carbonyl (C=O) groups is 1. The van der Waals surface area contributed by atoms with Gasteiger partial charge in [0.2, 0.25) is 0 Å². The predicted molar refractivity (Wildman–Crippen MR) is 68.1 cm³/mol. The van der Waals surface area contributed by atoms with E-state index >= 15 is 0 Å². The van der Waals surface area contributed by atoms with Crippen LogP contribution in [0.25, 0.3) is 0 Å². The number of hydrogen-bond acceptors (Lipinski definition) is 2. The van der Waals surface area contributed by atoms with E-state index in [0.29, 0.717) is 6.04 Å². The zero-order valence-electron chi connectivity index (χ0n) is 11.0. The van der Waals surface area contributed by atoms with Gasteiger partial charge in [-0.05, 0) is 32.7 Å². The van der Waals surface area contributed by atoms with Crippen molar-refractivity contribution in [3.8, 4) is 0 Å². The number of likely N-dealkylation sites (N-methyl/N-ethyl adjacent to an activating group) is 1. The van der Waals surface area contributed by atoms with Gasteiger partial charge in [-0.1, -0.05) is 38.5 Å². The van der Waals surface area contributed by atoms with Crippen molar-refractivity contribution in [3.63, 3.8) is 0 Å². The lowest BCUT2D eigenvalue weighted by molar-refractivity contribution is -0.152. The minimum absolute atomic E-state index is 0.492. The van der Waals surface area contributed by atoms with Crippen LogP contribution in [0.15, 0.2) is 0 Å². The summed E-state index contributed by atoms with van der Waals surface area (Å²) < 4.78 is 0. The van der Waals surface area contributed by atoms with Crippen LogP contribution in [0.2, 0.25) is 0 Å². The Morgan fingerprint density at radius 3 is 2.06 bits per heavy atom. The third-order valence-electron chi connectivity index (χ3n) is 4.88. The summed E-state index contributed by atoms with van der Waals surface area (Å²) in [5, 5.41) is 9.59. The van der Waals surface area contributed by atoms with E-state index in [-0.39, 0.29) is 0 Å². The summed E-state index contributed by atoms with van der Waals surface area (Å²) >= 11 is 0. The Morgan fingerprint density at radius 2 is 1.59 bits per heavy atom. The second-order valence-corrected chi connectivity index (χ2v) is 5.80. The molecule has 0 unspecified atom stereocenters. The summed E-state index contributed by atoms with van der Waals surface area (Å²) in [7, 11) is 2.05. The Morgan fingerprint density at radius 1 is 1.06 bits per heavy atom. The van der Waals surface area contributed by atoms with Crippen LogP contribution in [0.1, 0.15) is 64.2 Å². The molecule has 0 aromatic heterocycles. The van der Waals surface area contributed by atoms with Gasteiger partial charge in [-0.2, -0.15) is 0 Å². The number of aliphatic carboxylic acids is 1. The van der Waals surface area contributed by atoms with Crippen molar-refractivity contribution in [3.05, 3.63) is 0 Å². The summed E-state index contributed by atoms with van der Waals surface area (Å²) in [6, 6.07) is 0.492. The molecule has 0 radical (unpaired) electrons. The zero-order chi connectivity index (χ0) is 12.3. The van der Waals surface area contributed by atoms with Gasteiger partial charge >= 0.3 is 5.97 Å². The van der Waals surface area contributed by atoms with E-state index in [0.717, 1.165) is 25.7 Å². The molecule has 0 bridgehead atoms. The van der Waals surface area contributed by atoms with Crippen LogP contribution in [-0.4, -0.2) is 34.6 Å². The van der Waals surface area contributed by atoms with E-state index in [1.807, 2.05) is 0 Å². The molecule has 2 fully saturated rings. The van der Waals surface area contributed by atoms with Gasteiger partial charge in [0.1, 0.15) is 5.54 Å². The highest BCUT2D eigenvalue weighted by Gasteiger charge is 2.46. The summed E-state index contributed by atoms with van der Waals surface area (Å²) in [6.45, 7) is 0. The number of carboxylic acids is 1. The number of carboxylic acid groups (broad SMARTS) is 1. The van der Waals surface area contributed by atoms with Gasteiger partial charge in [0, 0.05) is 6.04 Å². The van der Waals surface area contributed by atoms with Gasteiger partial charge in [-0.3, -0.25) is 9.69 Å². The molecule has 2 aliphatic rings. The standard InChI is InChI=1S/C14H25NO2/c1-15(12-8-4-2-3-5-9-12)14(13(16)17)10-6-7-11-14/h12H,2-11H2,1H3,(H,16,17). The second-order valence-electron chi connectivity index (χ2n) is 5.80. The summed E-state index contributed by atoms with van der Waals surface area (Å²) in [6.07, 6.45) is 11.4. The van der Waals surface area contributed by atoms with Crippen molar-refractivity contribution in [1.29, 1.82) is 0 Å². The van der Waals surface area contributed by atoms with Gasteiger partial charge in [-0.15, -0.1) is 0 Å². The van der Waals surface area contributed by atoms with Crippen LogP contribution >= 0.6 is 0 Å². The Kier molecular flexibility index (Phi) is 4.08. The molecule has 0 atom stereocenters. The lowest BCUT2D eigenvalue weighted by Gasteiger charge is -2.40.